The quantitative estimate of drug-likeness (QED) is 0.516. The predicted octanol–water partition coefficient (Wildman–Crippen LogP) is 3.89. The van der Waals surface area contributed by atoms with E-state index in [1.54, 1.807) is 42.5 Å². The number of fused-ring (bicyclic) bond motifs is 1. The highest BCUT2D eigenvalue weighted by Gasteiger charge is 2.16. The molecule has 0 N–H and O–H groups in total. The fraction of sp³-hybridized carbons (Fsp3) is 0.286. The fourth-order valence-electron chi connectivity index (χ4n) is 2.63. The van der Waals surface area contributed by atoms with Crippen LogP contribution in [-0.4, -0.2) is 37.4 Å². The van der Waals surface area contributed by atoms with Crippen molar-refractivity contribution in [1.82, 2.24) is 0 Å². The second kappa shape index (κ2) is 9.37. The maximum atomic E-state index is 12.3. The maximum absolute atomic E-state index is 12.3. The van der Waals surface area contributed by atoms with Gasteiger partial charge in [-0.25, -0.2) is 0 Å². The maximum Gasteiger partial charge on any atom is 0.306 e. The van der Waals surface area contributed by atoms with Crippen LogP contribution in [0.5, 0.6) is 11.5 Å². The Bertz CT molecular complexity index is 875. The lowest BCUT2D eigenvalue weighted by molar-refractivity contribution is -0.142. The number of hydrogen-bond donors (Lipinski definition) is 0. The Balaban J connectivity index is 1.47. The molecule has 0 amide bonds. The van der Waals surface area contributed by atoms with Crippen molar-refractivity contribution < 1.29 is 28.6 Å². The molecule has 0 radical (unpaired) electrons. The Morgan fingerprint density at radius 2 is 1.54 bits per heavy atom. The van der Waals surface area contributed by atoms with Gasteiger partial charge in [-0.2, -0.15) is 0 Å². The largest absolute Gasteiger partial charge is 0.490 e. The molecule has 0 aromatic heterocycles. The van der Waals surface area contributed by atoms with Gasteiger partial charge in [0, 0.05) is 29.0 Å². The van der Waals surface area contributed by atoms with E-state index in [1.165, 1.54) is 0 Å². The van der Waals surface area contributed by atoms with Gasteiger partial charge in [0.2, 0.25) is 0 Å². The zero-order chi connectivity index (χ0) is 19.9. The fourth-order valence-corrected chi connectivity index (χ4v) is 2.76. The average Bonchev–Trinajstić information content (AvgIpc) is 2.95. The van der Waals surface area contributed by atoms with Gasteiger partial charge < -0.3 is 14.2 Å². The summed E-state index contributed by atoms with van der Waals surface area (Å²) in [6.07, 6.45) is 0.646. The summed E-state index contributed by atoms with van der Waals surface area (Å²) in [5, 5.41) is 0.516. The molecule has 2 aromatic carbocycles. The minimum absolute atomic E-state index is 0.0202. The summed E-state index contributed by atoms with van der Waals surface area (Å²) in [5.74, 6) is -0.0189. The number of ether oxygens (including phenoxy) is 3. The van der Waals surface area contributed by atoms with Gasteiger partial charge >= 0.3 is 5.97 Å². The molecule has 2 aromatic rings. The van der Waals surface area contributed by atoms with E-state index in [1.807, 2.05) is 0 Å². The van der Waals surface area contributed by atoms with E-state index < -0.39 is 5.97 Å². The summed E-state index contributed by atoms with van der Waals surface area (Å²) < 4.78 is 16.1. The summed E-state index contributed by atoms with van der Waals surface area (Å²) in [7, 11) is 0. The summed E-state index contributed by atoms with van der Waals surface area (Å²) in [6.45, 7) is 0.720. The van der Waals surface area contributed by atoms with Crippen molar-refractivity contribution in [2.24, 2.45) is 0 Å². The second-order valence-electron chi connectivity index (χ2n) is 6.23. The molecule has 6 nitrogen and oxygen atoms in total. The highest BCUT2D eigenvalue weighted by atomic mass is 35.5. The monoisotopic (exact) mass is 402 g/mol. The van der Waals surface area contributed by atoms with Crippen molar-refractivity contribution in [3.8, 4) is 11.5 Å². The zero-order valence-electron chi connectivity index (χ0n) is 15.1. The van der Waals surface area contributed by atoms with E-state index in [0.717, 1.165) is 6.42 Å². The number of halogens is 1. The first-order valence-corrected chi connectivity index (χ1v) is 9.28. The van der Waals surface area contributed by atoms with Crippen molar-refractivity contribution in [1.29, 1.82) is 0 Å². The normalized spacial score (nSPS) is 12.8. The highest BCUT2D eigenvalue weighted by molar-refractivity contribution is 6.30. The summed E-state index contributed by atoms with van der Waals surface area (Å²) in [4.78, 5) is 36.2. The summed E-state index contributed by atoms with van der Waals surface area (Å²) >= 11 is 5.77. The molecule has 0 aliphatic carbocycles. The van der Waals surface area contributed by atoms with Crippen molar-refractivity contribution >= 4 is 29.1 Å². The van der Waals surface area contributed by atoms with Crippen LogP contribution in [0, 0.1) is 0 Å². The van der Waals surface area contributed by atoms with Crippen LogP contribution >= 0.6 is 11.6 Å². The van der Waals surface area contributed by atoms with E-state index in [9.17, 15) is 14.4 Å². The Morgan fingerprint density at radius 1 is 0.857 bits per heavy atom. The van der Waals surface area contributed by atoms with E-state index in [2.05, 4.69) is 0 Å². The van der Waals surface area contributed by atoms with Gasteiger partial charge in [-0.3, -0.25) is 14.4 Å². The van der Waals surface area contributed by atoms with Crippen molar-refractivity contribution in [3.05, 3.63) is 58.6 Å². The van der Waals surface area contributed by atoms with E-state index in [4.69, 9.17) is 25.8 Å². The van der Waals surface area contributed by atoms with Crippen molar-refractivity contribution in [2.45, 2.75) is 19.3 Å². The standard InChI is InChI=1S/C21H19ClO6/c22-16-5-2-14(3-6-16)18(24)13-28-21(25)9-7-17(23)15-4-8-19-20(12-15)27-11-1-10-26-19/h2-6,8,12H,1,7,9-11,13H2. The SMILES string of the molecule is O=C(CCC(=O)c1ccc2c(c1)OCCCO2)OCC(=O)c1ccc(Cl)cc1. The highest BCUT2D eigenvalue weighted by Crippen LogP contribution is 2.30. The minimum atomic E-state index is -0.606. The number of ketones is 2. The van der Waals surface area contributed by atoms with E-state index in [-0.39, 0.29) is 31.0 Å². The molecular weight excluding hydrogens is 384 g/mol. The summed E-state index contributed by atoms with van der Waals surface area (Å²) in [6, 6.07) is 11.3. The Morgan fingerprint density at radius 3 is 2.29 bits per heavy atom. The number of carbonyl (C=O) groups is 3. The third-order valence-corrected chi connectivity index (χ3v) is 4.41. The van der Waals surface area contributed by atoms with Gasteiger partial charge in [0.25, 0.3) is 0 Å². The topological polar surface area (TPSA) is 78.9 Å². The lowest BCUT2D eigenvalue weighted by atomic mass is 10.1. The van der Waals surface area contributed by atoms with Crippen LogP contribution in [0.1, 0.15) is 40.0 Å². The van der Waals surface area contributed by atoms with E-state index >= 15 is 0 Å². The zero-order valence-corrected chi connectivity index (χ0v) is 15.9. The third-order valence-electron chi connectivity index (χ3n) is 4.16. The van der Waals surface area contributed by atoms with Crippen LogP contribution in [0.15, 0.2) is 42.5 Å². The molecule has 1 aliphatic rings. The number of hydrogen-bond acceptors (Lipinski definition) is 6. The third kappa shape index (κ3) is 5.33. The van der Waals surface area contributed by atoms with Gasteiger partial charge in [0.15, 0.2) is 29.7 Å². The lowest BCUT2D eigenvalue weighted by Gasteiger charge is -2.09. The van der Waals surface area contributed by atoms with Gasteiger partial charge in [-0.15, -0.1) is 0 Å². The molecule has 146 valence electrons. The Labute approximate surface area is 167 Å². The van der Waals surface area contributed by atoms with Crippen LogP contribution in [0.3, 0.4) is 0 Å². The number of rotatable bonds is 7. The van der Waals surface area contributed by atoms with Gasteiger partial charge in [0.05, 0.1) is 19.6 Å². The molecule has 0 atom stereocenters. The molecule has 1 aliphatic heterocycles. The average molecular weight is 403 g/mol. The molecule has 0 saturated heterocycles. The minimum Gasteiger partial charge on any atom is -0.490 e. The first-order chi connectivity index (χ1) is 13.5. The van der Waals surface area contributed by atoms with Crippen LogP contribution < -0.4 is 9.47 Å². The first kappa shape index (κ1) is 19.9. The smallest absolute Gasteiger partial charge is 0.306 e. The molecule has 0 saturated carbocycles. The van der Waals surface area contributed by atoms with Crippen LogP contribution in [0.4, 0.5) is 0 Å². The molecule has 1 heterocycles. The lowest BCUT2D eigenvalue weighted by Crippen LogP contribution is -2.15. The molecule has 0 bridgehead atoms. The number of benzene rings is 2. The van der Waals surface area contributed by atoms with E-state index in [0.29, 0.717) is 40.9 Å². The predicted molar refractivity (Wildman–Crippen MR) is 102 cm³/mol. The van der Waals surface area contributed by atoms with Gasteiger partial charge in [-0.1, -0.05) is 11.6 Å². The van der Waals surface area contributed by atoms with Crippen LogP contribution in [-0.2, 0) is 9.53 Å². The second-order valence-corrected chi connectivity index (χ2v) is 6.66. The Hall–Kier alpha value is -2.86. The van der Waals surface area contributed by atoms with Gasteiger partial charge in [-0.05, 0) is 42.5 Å². The van der Waals surface area contributed by atoms with Crippen LogP contribution in [0.2, 0.25) is 5.02 Å². The summed E-state index contributed by atoms with van der Waals surface area (Å²) in [5.41, 5.74) is 0.842. The first-order valence-electron chi connectivity index (χ1n) is 8.90. The van der Waals surface area contributed by atoms with Crippen molar-refractivity contribution in [2.75, 3.05) is 19.8 Å². The Kier molecular flexibility index (Phi) is 6.66. The molecule has 0 fully saturated rings. The molecular formula is C21H19ClO6. The molecule has 0 spiro atoms. The molecule has 0 unspecified atom stereocenters. The number of Topliss-reactive ketones (excluding diaryl/α,β-unsaturated/α-hetero) is 2. The van der Waals surface area contributed by atoms with Crippen LogP contribution in [0.25, 0.3) is 0 Å². The van der Waals surface area contributed by atoms with Gasteiger partial charge in [0.1, 0.15) is 0 Å². The molecule has 3 rings (SSSR count). The van der Waals surface area contributed by atoms with Crippen molar-refractivity contribution in [3.63, 3.8) is 0 Å². The molecule has 7 heteroatoms. The molecule has 28 heavy (non-hydrogen) atoms. The number of esters is 1. The number of carbonyl (C=O) groups excluding carboxylic acids is 3.